The first-order chi connectivity index (χ1) is 11.0. The molecule has 23 heavy (non-hydrogen) atoms. The van der Waals surface area contributed by atoms with Crippen molar-refractivity contribution in [1.29, 1.82) is 0 Å². The summed E-state index contributed by atoms with van der Waals surface area (Å²) >= 11 is 0. The first kappa shape index (κ1) is 16.4. The van der Waals surface area contributed by atoms with Gasteiger partial charge in [-0.15, -0.1) is 0 Å². The summed E-state index contributed by atoms with van der Waals surface area (Å²) in [5, 5.41) is 0. The number of nitrogens with two attached hydrogens (primary N) is 1. The minimum atomic E-state index is 0.131. The van der Waals surface area contributed by atoms with Gasteiger partial charge >= 0.3 is 0 Å². The monoisotopic (exact) mass is 319 g/mol. The molecular formula is C18H29N3O2. The Morgan fingerprint density at radius 2 is 2.09 bits per heavy atom. The zero-order chi connectivity index (χ0) is 16.4. The van der Waals surface area contributed by atoms with E-state index in [1.807, 2.05) is 19.9 Å². The molecule has 1 aromatic rings. The maximum atomic E-state index is 6.04. The van der Waals surface area contributed by atoms with E-state index in [1.54, 1.807) is 0 Å². The number of hydrogen-bond acceptors (Lipinski definition) is 5. The second-order valence-electron chi connectivity index (χ2n) is 6.99. The van der Waals surface area contributed by atoms with Gasteiger partial charge < -0.3 is 20.1 Å². The quantitative estimate of drug-likeness (QED) is 0.844. The Morgan fingerprint density at radius 1 is 1.30 bits per heavy atom. The summed E-state index contributed by atoms with van der Waals surface area (Å²) in [7, 11) is 2.23. The SMILES string of the molecule is CC(C)Oc1cc(N2CCC[C@@H](N(C)C3COC3)C2)ccc1N. The molecule has 2 aliphatic rings. The lowest BCUT2D eigenvalue weighted by Gasteiger charge is -2.44. The number of nitrogen functional groups attached to an aromatic ring is 1. The molecule has 0 aliphatic carbocycles. The highest BCUT2D eigenvalue weighted by molar-refractivity contribution is 5.62. The molecule has 0 bridgehead atoms. The number of nitrogens with zero attached hydrogens (tertiary/aromatic N) is 2. The summed E-state index contributed by atoms with van der Waals surface area (Å²) in [5.74, 6) is 0.792. The van der Waals surface area contributed by atoms with Gasteiger partial charge in [-0.3, -0.25) is 4.90 Å². The Hall–Kier alpha value is -1.46. The van der Waals surface area contributed by atoms with Crippen molar-refractivity contribution in [2.75, 3.05) is 44.0 Å². The number of likely N-dealkylation sites (N-methyl/N-ethyl adjacent to an activating group) is 1. The first-order valence-electron chi connectivity index (χ1n) is 8.65. The number of ether oxygens (including phenoxy) is 2. The number of anilines is 2. The number of benzene rings is 1. The van der Waals surface area contributed by atoms with E-state index < -0.39 is 0 Å². The highest BCUT2D eigenvalue weighted by atomic mass is 16.5. The van der Waals surface area contributed by atoms with Gasteiger partial charge in [-0.05, 0) is 45.9 Å². The normalized spacial score (nSPS) is 22.5. The Labute approximate surface area is 139 Å². The van der Waals surface area contributed by atoms with E-state index in [1.165, 1.54) is 18.5 Å². The third kappa shape index (κ3) is 3.72. The average Bonchev–Trinajstić information content (AvgIpc) is 2.47. The zero-order valence-electron chi connectivity index (χ0n) is 14.5. The molecule has 0 aromatic heterocycles. The molecule has 0 saturated carbocycles. The van der Waals surface area contributed by atoms with E-state index in [0.717, 1.165) is 32.1 Å². The lowest BCUT2D eigenvalue weighted by atomic mass is 10.0. The molecule has 0 spiro atoms. The topological polar surface area (TPSA) is 51.0 Å². The van der Waals surface area contributed by atoms with Crippen molar-refractivity contribution in [3.05, 3.63) is 18.2 Å². The van der Waals surface area contributed by atoms with Gasteiger partial charge in [0.05, 0.1) is 31.0 Å². The molecule has 2 heterocycles. The summed E-state index contributed by atoms with van der Waals surface area (Å²) in [5.41, 5.74) is 7.96. The third-order valence-corrected chi connectivity index (χ3v) is 4.89. The van der Waals surface area contributed by atoms with Gasteiger partial charge in [-0.25, -0.2) is 0 Å². The molecule has 3 rings (SSSR count). The summed E-state index contributed by atoms with van der Waals surface area (Å²) in [6, 6.07) is 7.33. The minimum Gasteiger partial charge on any atom is -0.489 e. The van der Waals surface area contributed by atoms with E-state index in [2.05, 4.69) is 29.0 Å². The molecule has 1 atom stereocenters. The smallest absolute Gasteiger partial charge is 0.144 e. The lowest BCUT2D eigenvalue weighted by molar-refractivity contribution is -0.0705. The van der Waals surface area contributed by atoms with Crippen molar-refractivity contribution in [2.45, 2.75) is 44.9 Å². The van der Waals surface area contributed by atoms with Crippen LogP contribution in [0.4, 0.5) is 11.4 Å². The van der Waals surface area contributed by atoms with Gasteiger partial charge in [0.15, 0.2) is 0 Å². The van der Waals surface area contributed by atoms with Crippen LogP contribution in [0, 0.1) is 0 Å². The second kappa shape index (κ2) is 6.97. The number of hydrogen-bond donors (Lipinski definition) is 1. The van der Waals surface area contributed by atoms with E-state index >= 15 is 0 Å². The van der Waals surface area contributed by atoms with Gasteiger partial charge in [0, 0.05) is 30.9 Å². The van der Waals surface area contributed by atoms with Crippen LogP contribution in [-0.2, 0) is 4.74 Å². The minimum absolute atomic E-state index is 0.131. The van der Waals surface area contributed by atoms with Gasteiger partial charge in [-0.2, -0.15) is 0 Å². The van der Waals surface area contributed by atoms with Crippen LogP contribution in [0.25, 0.3) is 0 Å². The maximum absolute atomic E-state index is 6.04. The van der Waals surface area contributed by atoms with Crippen LogP contribution in [0.3, 0.4) is 0 Å². The van der Waals surface area contributed by atoms with Crippen molar-refractivity contribution < 1.29 is 9.47 Å². The Bertz CT molecular complexity index is 531. The number of rotatable bonds is 5. The van der Waals surface area contributed by atoms with Crippen LogP contribution < -0.4 is 15.4 Å². The summed E-state index contributed by atoms with van der Waals surface area (Å²) in [6.07, 6.45) is 2.60. The fourth-order valence-electron chi connectivity index (χ4n) is 3.35. The Kier molecular flexibility index (Phi) is 4.97. The molecule has 128 valence electrons. The highest BCUT2D eigenvalue weighted by Gasteiger charge is 2.31. The highest BCUT2D eigenvalue weighted by Crippen LogP contribution is 2.31. The van der Waals surface area contributed by atoms with Crippen LogP contribution in [-0.4, -0.2) is 56.4 Å². The standard InChI is InChI=1S/C18H29N3O2/c1-13(2)23-18-9-14(6-7-17(18)19)21-8-4-5-15(10-21)20(3)16-11-22-12-16/h6-7,9,13,15-16H,4-5,8,10-12,19H2,1-3H3/t15-/m1/s1. The average molecular weight is 319 g/mol. The van der Waals surface area contributed by atoms with Gasteiger partial charge in [0.25, 0.3) is 0 Å². The van der Waals surface area contributed by atoms with Gasteiger partial charge in [0.2, 0.25) is 0 Å². The molecule has 2 saturated heterocycles. The largest absolute Gasteiger partial charge is 0.489 e. The molecule has 5 heteroatoms. The summed E-state index contributed by atoms with van der Waals surface area (Å²) in [4.78, 5) is 4.95. The maximum Gasteiger partial charge on any atom is 0.144 e. The Morgan fingerprint density at radius 3 is 2.74 bits per heavy atom. The van der Waals surface area contributed by atoms with Crippen molar-refractivity contribution in [2.24, 2.45) is 0 Å². The lowest BCUT2D eigenvalue weighted by Crippen LogP contribution is -2.56. The predicted molar refractivity (Wildman–Crippen MR) is 94.2 cm³/mol. The second-order valence-corrected chi connectivity index (χ2v) is 6.99. The van der Waals surface area contributed by atoms with Crippen molar-refractivity contribution in [3.63, 3.8) is 0 Å². The van der Waals surface area contributed by atoms with Crippen LogP contribution in [0.2, 0.25) is 0 Å². The number of piperidine rings is 1. The first-order valence-corrected chi connectivity index (χ1v) is 8.65. The van der Waals surface area contributed by atoms with Gasteiger partial charge in [0.1, 0.15) is 5.75 Å². The van der Waals surface area contributed by atoms with Crippen LogP contribution >= 0.6 is 0 Å². The predicted octanol–water partition coefficient (Wildman–Crippen LogP) is 2.36. The van der Waals surface area contributed by atoms with Crippen molar-refractivity contribution >= 4 is 11.4 Å². The van der Waals surface area contributed by atoms with E-state index in [4.69, 9.17) is 15.2 Å². The molecule has 0 radical (unpaired) electrons. The van der Waals surface area contributed by atoms with E-state index in [0.29, 0.717) is 17.8 Å². The van der Waals surface area contributed by atoms with E-state index in [-0.39, 0.29) is 6.10 Å². The molecular weight excluding hydrogens is 290 g/mol. The molecule has 2 N–H and O–H groups in total. The zero-order valence-corrected chi connectivity index (χ0v) is 14.5. The molecule has 1 aromatic carbocycles. The van der Waals surface area contributed by atoms with Crippen molar-refractivity contribution in [3.8, 4) is 5.75 Å². The molecule has 5 nitrogen and oxygen atoms in total. The fourth-order valence-corrected chi connectivity index (χ4v) is 3.35. The van der Waals surface area contributed by atoms with E-state index in [9.17, 15) is 0 Å². The molecule has 2 fully saturated rings. The van der Waals surface area contributed by atoms with Crippen LogP contribution in [0.1, 0.15) is 26.7 Å². The van der Waals surface area contributed by atoms with Gasteiger partial charge in [-0.1, -0.05) is 0 Å². The molecule has 0 unspecified atom stereocenters. The van der Waals surface area contributed by atoms with Crippen LogP contribution in [0.15, 0.2) is 18.2 Å². The third-order valence-electron chi connectivity index (χ3n) is 4.89. The summed E-state index contributed by atoms with van der Waals surface area (Å²) < 4.78 is 11.2. The molecule has 0 amide bonds. The molecule has 2 aliphatic heterocycles. The van der Waals surface area contributed by atoms with Crippen molar-refractivity contribution in [1.82, 2.24) is 4.90 Å². The Balaban J connectivity index is 1.70. The van der Waals surface area contributed by atoms with Crippen LogP contribution in [0.5, 0.6) is 5.75 Å². The fraction of sp³-hybridized carbons (Fsp3) is 0.667. The summed E-state index contributed by atoms with van der Waals surface area (Å²) in [6.45, 7) is 7.95.